The molecular formula is C22H28O3. The molecule has 1 aromatic carbocycles. The van der Waals surface area contributed by atoms with Crippen molar-refractivity contribution in [2.75, 3.05) is 7.11 Å². The van der Waals surface area contributed by atoms with Crippen molar-refractivity contribution in [1.29, 1.82) is 0 Å². The van der Waals surface area contributed by atoms with Gasteiger partial charge in [0.05, 0.1) is 7.11 Å². The zero-order valence-corrected chi connectivity index (χ0v) is 15.5. The summed E-state index contributed by atoms with van der Waals surface area (Å²) in [7, 11) is 1.75. The highest BCUT2D eigenvalue weighted by Crippen LogP contribution is 2.60. The second-order valence-electron chi connectivity index (χ2n) is 8.24. The van der Waals surface area contributed by atoms with Crippen LogP contribution in [0.25, 0.3) is 6.08 Å². The molecule has 2 fully saturated rings. The lowest BCUT2D eigenvalue weighted by atomic mass is 9.50. The van der Waals surface area contributed by atoms with Crippen LogP contribution >= 0.6 is 0 Å². The molecule has 25 heavy (non-hydrogen) atoms. The minimum absolute atomic E-state index is 0.118. The minimum Gasteiger partial charge on any atom is -0.496 e. The van der Waals surface area contributed by atoms with Crippen LogP contribution in [0.2, 0.25) is 0 Å². The van der Waals surface area contributed by atoms with Gasteiger partial charge in [-0.3, -0.25) is 4.79 Å². The second-order valence-corrected chi connectivity index (χ2v) is 8.24. The molecule has 3 nitrogen and oxygen atoms in total. The van der Waals surface area contributed by atoms with Gasteiger partial charge in [0.1, 0.15) is 11.9 Å². The highest BCUT2D eigenvalue weighted by molar-refractivity contribution is 5.66. The SMILES string of the molecule is COc1cccc2c1C=C[C@H]1[C@H]2CC[C@H]2C[C@H](OC(C)=O)CC[C@@]21C. The lowest BCUT2D eigenvalue weighted by Crippen LogP contribution is -2.47. The molecule has 0 aromatic heterocycles. The van der Waals surface area contributed by atoms with Gasteiger partial charge in [0, 0.05) is 12.5 Å². The lowest BCUT2D eigenvalue weighted by Gasteiger charge is -2.55. The molecule has 134 valence electrons. The fourth-order valence-corrected chi connectivity index (χ4v) is 5.77. The smallest absolute Gasteiger partial charge is 0.302 e. The van der Waals surface area contributed by atoms with Gasteiger partial charge in [-0.05, 0) is 66.9 Å². The number of methoxy groups -OCH3 is 1. The highest BCUT2D eigenvalue weighted by atomic mass is 16.5. The molecule has 3 aliphatic carbocycles. The molecule has 3 aliphatic rings. The van der Waals surface area contributed by atoms with E-state index in [1.165, 1.54) is 30.9 Å². The van der Waals surface area contributed by atoms with Crippen LogP contribution in [-0.2, 0) is 9.53 Å². The van der Waals surface area contributed by atoms with E-state index < -0.39 is 0 Å². The number of hydrogen-bond donors (Lipinski definition) is 0. The fraction of sp³-hybridized carbons (Fsp3) is 0.591. The van der Waals surface area contributed by atoms with Gasteiger partial charge < -0.3 is 9.47 Å². The highest BCUT2D eigenvalue weighted by Gasteiger charge is 2.51. The molecule has 0 radical (unpaired) electrons. The molecular weight excluding hydrogens is 312 g/mol. The topological polar surface area (TPSA) is 35.5 Å². The number of carbonyl (C=O) groups excluding carboxylic acids is 1. The van der Waals surface area contributed by atoms with Crippen molar-refractivity contribution >= 4 is 12.0 Å². The summed E-state index contributed by atoms with van der Waals surface area (Å²) in [5.74, 6) is 2.65. The first-order chi connectivity index (χ1) is 12.0. The van der Waals surface area contributed by atoms with Crippen LogP contribution in [0.3, 0.4) is 0 Å². The normalized spacial score (nSPS) is 36.0. The molecule has 4 rings (SSSR count). The Labute approximate surface area is 150 Å². The Morgan fingerprint density at radius 3 is 2.84 bits per heavy atom. The standard InChI is InChI=1S/C22H28O3/c1-14(23)25-16-11-12-22(2)15(13-16)7-8-18-17-5-4-6-21(24-3)19(17)9-10-20(18)22/h4-6,9-10,15-16,18,20H,7-8,11-13H2,1-3H3/t15-,16+,18-,20-,22-/m0/s1. The van der Waals surface area contributed by atoms with E-state index in [2.05, 4.69) is 37.3 Å². The summed E-state index contributed by atoms with van der Waals surface area (Å²) in [4.78, 5) is 11.3. The minimum atomic E-state index is -0.138. The molecule has 0 N–H and O–H groups in total. The quantitative estimate of drug-likeness (QED) is 0.714. The third-order valence-electron chi connectivity index (χ3n) is 7.03. The summed E-state index contributed by atoms with van der Waals surface area (Å²) in [6.45, 7) is 3.99. The van der Waals surface area contributed by atoms with Crippen LogP contribution in [0.1, 0.15) is 63.0 Å². The number of allylic oxidation sites excluding steroid dienone is 1. The first-order valence-electron chi connectivity index (χ1n) is 9.55. The van der Waals surface area contributed by atoms with Gasteiger partial charge >= 0.3 is 5.97 Å². The predicted octanol–water partition coefficient (Wildman–Crippen LogP) is 4.95. The van der Waals surface area contributed by atoms with E-state index in [0.29, 0.717) is 23.2 Å². The molecule has 0 aliphatic heterocycles. The van der Waals surface area contributed by atoms with E-state index in [1.54, 1.807) is 7.11 Å². The first-order valence-corrected chi connectivity index (χ1v) is 9.55. The summed E-state index contributed by atoms with van der Waals surface area (Å²) in [5.41, 5.74) is 3.02. The first kappa shape index (κ1) is 16.7. The number of fused-ring (bicyclic) bond motifs is 5. The average molecular weight is 340 g/mol. The number of hydrogen-bond acceptors (Lipinski definition) is 3. The van der Waals surface area contributed by atoms with Crippen LogP contribution in [0, 0.1) is 17.3 Å². The number of carbonyl (C=O) groups is 1. The Morgan fingerprint density at radius 1 is 1.24 bits per heavy atom. The largest absolute Gasteiger partial charge is 0.496 e. The van der Waals surface area contributed by atoms with E-state index in [9.17, 15) is 4.79 Å². The molecule has 5 atom stereocenters. The maximum absolute atomic E-state index is 11.3. The number of rotatable bonds is 2. The van der Waals surface area contributed by atoms with Crippen LogP contribution in [0.15, 0.2) is 24.3 Å². The summed E-state index contributed by atoms with van der Waals surface area (Å²) in [6.07, 6.45) is 10.4. The van der Waals surface area contributed by atoms with Crippen molar-refractivity contribution in [2.45, 2.75) is 58.0 Å². The zero-order chi connectivity index (χ0) is 17.6. The Hall–Kier alpha value is -1.77. The van der Waals surface area contributed by atoms with Gasteiger partial charge in [0.25, 0.3) is 0 Å². The van der Waals surface area contributed by atoms with Crippen LogP contribution in [0.4, 0.5) is 0 Å². The summed E-state index contributed by atoms with van der Waals surface area (Å²) < 4.78 is 11.1. The molecule has 0 bridgehead atoms. The number of benzene rings is 1. The maximum atomic E-state index is 11.3. The van der Waals surface area contributed by atoms with Crippen LogP contribution in [-0.4, -0.2) is 19.2 Å². The number of ether oxygens (including phenoxy) is 2. The Balaban J connectivity index is 1.62. The van der Waals surface area contributed by atoms with Gasteiger partial charge in [-0.25, -0.2) is 0 Å². The van der Waals surface area contributed by atoms with Crippen molar-refractivity contribution < 1.29 is 14.3 Å². The molecule has 0 saturated heterocycles. The van der Waals surface area contributed by atoms with Crippen molar-refractivity contribution in [3.8, 4) is 5.75 Å². The monoisotopic (exact) mass is 340 g/mol. The van der Waals surface area contributed by atoms with E-state index >= 15 is 0 Å². The van der Waals surface area contributed by atoms with Gasteiger partial charge in [-0.1, -0.05) is 31.2 Å². The van der Waals surface area contributed by atoms with Gasteiger partial charge in [-0.2, -0.15) is 0 Å². The van der Waals surface area contributed by atoms with Crippen LogP contribution < -0.4 is 4.74 Å². The van der Waals surface area contributed by atoms with Gasteiger partial charge in [0.15, 0.2) is 0 Å². The molecule has 1 aromatic rings. The van der Waals surface area contributed by atoms with E-state index in [0.717, 1.165) is 25.0 Å². The summed E-state index contributed by atoms with van der Waals surface area (Å²) in [6, 6.07) is 6.47. The third kappa shape index (κ3) is 2.68. The van der Waals surface area contributed by atoms with Gasteiger partial charge in [0.2, 0.25) is 0 Å². The molecule has 0 heterocycles. The van der Waals surface area contributed by atoms with E-state index in [-0.39, 0.29) is 12.1 Å². The lowest BCUT2D eigenvalue weighted by molar-refractivity contribution is -0.152. The third-order valence-corrected chi connectivity index (χ3v) is 7.03. The zero-order valence-electron chi connectivity index (χ0n) is 15.5. The van der Waals surface area contributed by atoms with Crippen LogP contribution in [0.5, 0.6) is 5.75 Å². The molecule has 0 amide bonds. The molecule has 2 saturated carbocycles. The maximum Gasteiger partial charge on any atom is 0.302 e. The molecule has 0 spiro atoms. The summed E-state index contributed by atoms with van der Waals surface area (Å²) >= 11 is 0. The Kier molecular flexibility index (Phi) is 4.13. The average Bonchev–Trinajstić information content (AvgIpc) is 2.60. The van der Waals surface area contributed by atoms with E-state index in [1.807, 2.05) is 0 Å². The number of esters is 1. The predicted molar refractivity (Wildman–Crippen MR) is 98.5 cm³/mol. The molecule has 0 unspecified atom stereocenters. The van der Waals surface area contributed by atoms with E-state index in [4.69, 9.17) is 9.47 Å². The Morgan fingerprint density at radius 2 is 2.08 bits per heavy atom. The summed E-state index contributed by atoms with van der Waals surface area (Å²) in [5, 5.41) is 0. The molecule has 3 heteroatoms. The second kappa shape index (κ2) is 6.19. The Bertz CT molecular complexity index is 707. The van der Waals surface area contributed by atoms with Gasteiger partial charge in [-0.15, -0.1) is 0 Å². The fourth-order valence-electron chi connectivity index (χ4n) is 5.77. The van der Waals surface area contributed by atoms with Crippen molar-refractivity contribution in [2.24, 2.45) is 17.3 Å². The van der Waals surface area contributed by atoms with Crippen molar-refractivity contribution in [3.63, 3.8) is 0 Å². The van der Waals surface area contributed by atoms with Crippen molar-refractivity contribution in [3.05, 3.63) is 35.4 Å². The van der Waals surface area contributed by atoms with Crippen molar-refractivity contribution in [1.82, 2.24) is 0 Å².